The van der Waals surface area contributed by atoms with Crippen LogP contribution in [0.3, 0.4) is 0 Å². The van der Waals surface area contributed by atoms with Gasteiger partial charge in [0.2, 0.25) is 0 Å². The number of anilines is 1. The lowest BCUT2D eigenvalue weighted by Crippen LogP contribution is -2.37. The number of hydrogen-bond donors (Lipinski definition) is 1. The number of nitrogens with zero attached hydrogens (tertiary/aromatic N) is 1. The van der Waals surface area contributed by atoms with Gasteiger partial charge in [-0.25, -0.2) is 0 Å². The maximum atomic E-state index is 13.2. The van der Waals surface area contributed by atoms with Crippen molar-refractivity contribution in [2.75, 3.05) is 4.90 Å². The van der Waals surface area contributed by atoms with Gasteiger partial charge >= 0.3 is 0 Å². The Bertz CT molecular complexity index is 1370. The van der Waals surface area contributed by atoms with Crippen molar-refractivity contribution >= 4 is 40.3 Å². The van der Waals surface area contributed by atoms with Gasteiger partial charge in [-0.05, 0) is 59.2 Å². The molecule has 5 nitrogen and oxygen atoms in total. The highest BCUT2D eigenvalue weighted by Gasteiger charge is 2.32. The molecule has 0 saturated carbocycles. The van der Waals surface area contributed by atoms with Gasteiger partial charge in [0.15, 0.2) is 0 Å². The summed E-state index contributed by atoms with van der Waals surface area (Å²) >= 11 is 0. The second kappa shape index (κ2) is 8.79. The Kier molecular flexibility index (Phi) is 5.52. The average Bonchev–Trinajstić information content (AvgIpc) is 3.11. The van der Waals surface area contributed by atoms with Crippen LogP contribution in [0.1, 0.15) is 31.8 Å². The van der Waals surface area contributed by atoms with Crippen LogP contribution in [-0.2, 0) is 11.2 Å². The molecule has 0 fully saturated rings. The summed E-state index contributed by atoms with van der Waals surface area (Å²) in [7, 11) is 0. The van der Waals surface area contributed by atoms with Gasteiger partial charge in [0.1, 0.15) is 6.29 Å². The van der Waals surface area contributed by atoms with E-state index in [2.05, 4.69) is 11.9 Å². The molecule has 0 radical (unpaired) electrons. The van der Waals surface area contributed by atoms with Gasteiger partial charge in [0.05, 0.1) is 17.3 Å². The third kappa shape index (κ3) is 3.88. The molecule has 34 heavy (non-hydrogen) atoms. The molecular formula is C29H22N2O3. The van der Waals surface area contributed by atoms with Gasteiger partial charge in [0.25, 0.3) is 11.8 Å². The van der Waals surface area contributed by atoms with E-state index >= 15 is 0 Å². The molecule has 0 saturated heterocycles. The molecule has 1 atom stereocenters. The molecule has 166 valence electrons. The fourth-order valence-electron chi connectivity index (χ4n) is 4.31. The second-order valence-electron chi connectivity index (χ2n) is 8.28. The van der Waals surface area contributed by atoms with E-state index in [1.54, 1.807) is 29.2 Å². The molecule has 2 amide bonds. The fraction of sp³-hybridized carbons (Fsp3) is 0.0690. The zero-order valence-electron chi connectivity index (χ0n) is 18.4. The van der Waals surface area contributed by atoms with E-state index in [1.165, 1.54) is 0 Å². The van der Waals surface area contributed by atoms with Crippen LogP contribution in [0.5, 0.6) is 0 Å². The van der Waals surface area contributed by atoms with Crippen molar-refractivity contribution in [3.05, 3.63) is 120 Å². The summed E-state index contributed by atoms with van der Waals surface area (Å²) in [6, 6.07) is 27.4. The molecule has 4 aromatic rings. The van der Waals surface area contributed by atoms with Gasteiger partial charge in [0, 0.05) is 16.8 Å². The van der Waals surface area contributed by atoms with E-state index in [0.717, 1.165) is 28.2 Å². The van der Waals surface area contributed by atoms with Crippen LogP contribution in [-0.4, -0.2) is 24.1 Å². The number of amides is 2. The minimum atomic E-state index is -0.627. The Morgan fingerprint density at radius 2 is 1.50 bits per heavy atom. The van der Waals surface area contributed by atoms with Gasteiger partial charge < -0.3 is 10.1 Å². The van der Waals surface area contributed by atoms with Crippen molar-refractivity contribution in [2.45, 2.75) is 12.5 Å². The van der Waals surface area contributed by atoms with Crippen molar-refractivity contribution in [3.8, 4) is 0 Å². The zero-order valence-corrected chi connectivity index (χ0v) is 18.4. The number of fused-ring (bicyclic) bond motifs is 2. The summed E-state index contributed by atoms with van der Waals surface area (Å²) < 4.78 is 0. The fourth-order valence-corrected chi connectivity index (χ4v) is 4.31. The third-order valence-electron chi connectivity index (χ3n) is 6.07. The van der Waals surface area contributed by atoms with Gasteiger partial charge in [-0.15, -0.1) is 0 Å². The topological polar surface area (TPSA) is 66.5 Å². The SMILES string of the molecule is C=C1c2cc3ccccc3cc2C(=O)N1c1ccc(C(=O)NC(C=O)Cc2ccccc2)cc1. The predicted octanol–water partition coefficient (Wildman–Crippen LogP) is 5.01. The molecule has 1 N–H and O–H groups in total. The Labute approximate surface area is 197 Å². The number of rotatable bonds is 6. The van der Waals surface area contributed by atoms with Gasteiger partial charge in [-0.1, -0.05) is 61.2 Å². The normalized spacial score (nSPS) is 13.6. The lowest BCUT2D eigenvalue weighted by atomic mass is 10.0. The van der Waals surface area contributed by atoms with Crippen LogP contribution in [0.15, 0.2) is 97.6 Å². The number of carbonyl (C=O) groups is 3. The van der Waals surface area contributed by atoms with Crippen LogP contribution in [0.25, 0.3) is 16.5 Å². The molecular weight excluding hydrogens is 424 g/mol. The van der Waals surface area contributed by atoms with E-state index < -0.39 is 6.04 Å². The Balaban J connectivity index is 1.34. The van der Waals surface area contributed by atoms with Crippen molar-refractivity contribution in [1.82, 2.24) is 5.32 Å². The highest BCUT2D eigenvalue weighted by molar-refractivity contribution is 6.23. The predicted molar refractivity (Wildman–Crippen MR) is 134 cm³/mol. The third-order valence-corrected chi connectivity index (χ3v) is 6.07. The van der Waals surface area contributed by atoms with E-state index in [0.29, 0.717) is 28.9 Å². The van der Waals surface area contributed by atoms with Crippen LogP contribution in [0, 0.1) is 0 Å². The monoisotopic (exact) mass is 446 g/mol. The molecule has 5 rings (SSSR count). The summed E-state index contributed by atoms with van der Waals surface area (Å²) in [6.07, 6.45) is 1.16. The quantitative estimate of drug-likeness (QED) is 0.424. The van der Waals surface area contributed by atoms with Crippen molar-refractivity contribution in [2.24, 2.45) is 0 Å². The Morgan fingerprint density at radius 3 is 2.15 bits per heavy atom. The summed E-state index contributed by atoms with van der Waals surface area (Å²) in [4.78, 5) is 39.0. The highest BCUT2D eigenvalue weighted by atomic mass is 16.2. The summed E-state index contributed by atoms with van der Waals surface area (Å²) in [5.41, 5.74) is 4.02. The molecule has 5 heteroatoms. The average molecular weight is 447 g/mol. The van der Waals surface area contributed by atoms with E-state index in [9.17, 15) is 14.4 Å². The zero-order chi connectivity index (χ0) is 23.7. The number of aldehydes is 1. The number of nitrogens with one attached hydrogen (secondary N) is 1. The molecule has 1 unspecified atom stereocenters. The van der Waals surface area contributed by atoms with Crippen LogP contribution >= 0.6 is 0 Å². The largest absolute Gasteiger partial charge is 0.342 e. The molecule has 0 bridgehead atoms. The number of benzene rings is 4. The van der Waals surface area contributed by atoms with Gasteiger partial charge in [-0.2, -0.15) is 0 Å². The summed E-state index contributed by atoms with van der Waals surface area (Å²) in [6.45, 7) is 4.15. The van der Waals surface area contributed by atoms with Crippen molar-refractivity contribution in [1.29, 1.82) is 0 Å². The van der Waals surface area contributed by atoms with E-state index in [-0.39, 0.29) is 11.8 Å². The summed E-state index contributed by atoms with van der Waals surface area (Å²) in [5.74, 6) is -0.493. The number of carbonyl (C=O) groups excluding carboxylic acids is 3. The van der Waals surface area contributed by atoms with Crippen LogP contribution in [0.4, 0.5) is 5.69 Å². The minimum absolute atomic E-state index is 0.146. The lowest BCUT2D eigenvalue weighted by molar-refractivity contribution is -0.109. The van der Waals surface area contributed by atoms with E-state index in [1.807, 2.05) is 66.7 Å². The van der Waals surface area contributed by atoms with Crippen LogP contribution in [0.2, 0.25) is 0 Å². The Hall–Kier alpha value is -4.51. The molecule has 1 aliphatic rings. The highest BCUT2D eigenvalue weighted by Crippen LogP contribution is 2.37. The first-order valence-electron chi connectivity index (χ1n) is 11.0. The maximum absolute atomic E-state index is 13.2. The second-order valence-corrected chi connectivity index (χ2v) is 8.28. The molecule has 1 heterocycles. The van der Waals surface area contributed by atoms with Gasteiger partial charge in [-0.3, -0.25) is 14.5 Å². The lowest BCUT2D eigenvalue weighted by Gasteiger charge is -2.18. The van der Waals surface area contributed by atoms with Crippen molar-refractivity contribution < 1.29 is 14.4 Å². The first-order valence-corrected chi connectivity index (χ1v) is 11.0. The molecule has 1 aliphatic heterocycles. The molecule has 0 aliphatic carbocycles. The van der Waals surface area contributed by atoms with Crippen molar-refractivity contribution in [3.63, 3.8) is 0 Å². The molecule has 4 aromatic carbocycles. The van der Waals surface area contributed by atoms with E-state index in [4.69, 9.17) is 0 Å². The molecule has 0 spiro atoms. The first kappa shape index (κ1) is 21.3. The minimum Gasteiger partial charge on any atom is -0.342 e. The number of hydrogen-bond acceptors (Lipinski definition) is 3. The summed E-state index contributed by atoms with van der Waals surface area (Å²) in [5, 5.41) is 4.81. The smallest absolute Gasteiger partial charge is 0.263 e. The maximum Gasteiger partial charge on any atom is 0.263 e. The molecule has 0 aromatic heterocycles. The first-order chi connectivity index (χ1) is 16.5. The van der Waals surface area contributed by atoms with Crippen LogP contribution < -0.4 is 10.2 Å². The Morgan fingerprint density at radius 1 is 0.882 bits per heavy atom. The standard InChI is InChI=1S/C29H22N2O3/c1-19-26-16-22-9-5-6-10-23(22)17-27(26)29(34)31(19)25-13-11-21(12-14-25)28(33)30-24(18-32)15-20-7-3-2-4-8-20/h2-14,16-18,24H,1,15H2,(H,30,33).